The number of nitrogens with one attached hydrogen (secondary N) is 2. The van der Waals surface area contributed by atoms with Crippen LogP contribution in [0.25, 0.3) is 0 Å². The third kappa shape index (κ3) is 8.52. The zero-order valence-electron chi connectivity index (χ0n) is 25.6. The van der Waals surface area contributed by atoms with Crippen molar-refractivity contribution in [3.8, 4) is 0 Å². The Bertz CT molecular complexity index is 1070. The van der Waals surface area contributed by atoms with Crippen LogP contribution >= 0.6 is 0 Å². The number of amides is 2. The number of aliphatic carboxylic acids is 1. The molecule has 0 aromatic heterocycles. The van der Waals surface area contributed by atoms with Gasteiger partial charge in [-0.25, -0.2) is 4.79 Å². The van der Waals surface area contributed by atoms with Crippen LogP contribution in [-0.4, -0.2) is 193 Å². The van der Waals surface area contributed by atoms with Crippen LogP contribution in [0, 0.1) is 0 Å². The molecule has 47 heavy (non-hydrogen) atoms. The highest BCUT2D eigenvalue weighted by molar-refractivity contribution is 5.76. The number of aliphatic hydroxyl groups is 9. The minimum absolute atomic E-state index is 0.657. The van der Waals surface area contributed by atoms with Crippen molar-refractivity contribution in [1.82, 2.24) is 10.6 Å². The lowest BCUT2D eigenvalue weighted by molar-refractivity contribution is -0.381. The van der Waals surface area contributed by atoms with Gasteiger partial charge in [0.2, 0.25) is 11.8 Å². The van der Waals surface area contributed by atoms with Crippen molar-refractivity contribution in [1.29, 1.82) is 0 Å². The highest BCUT2D eigenvalue weighted by Crippen LogP contribution is 2.38. The van der Waals surface area contributed by atoms with Crippen molar-refractivity contribution in [2.24, 2.45) is 0 Å². The maximum atomic E-state index is 12.7. The van der Waals surface area contributed by atoms with E-state index < -0.39 is 142 Å². The van der Waals surface area contributed by atoms with Crippen molar-refractivity contribution in [2.75, 3.05) is 26.9 Å². The third-order valence-electron chi connectivity index (χ3n) is 8.11. The summed E-state index contributed by atoms with van der Waals surface area (Å²) in [6, 6.07) is -2.94. The molecule has 3 fully saturated rings. The minimum atomic E-state index is -3.02. The monoisotopic (exact) mass is 688 g/mol. The van der Waals surface area contributed by atoms with Crippen molar-refractivity contribution >= 4 is 17.8 Å². The van der Waals surface area contributed by atoms with Gasteiger partial charge in [0.05, 0.1) is 32.0 Å². The van der Waals surface area contributed by atoms with E-state index in [-0.39, 0.29) is 0 Å². The predicted octanol–water partition coefficient (Wildman–Crippen LogP) is -7.43. The SMILES string of the molecule is CO[C@H]1[C@H](O[C@@H]2O[C@H](CO)[C@H](O)[C@H](O[C@]3(C(=O)O)C[C@H](O)[C@@H](NC(C)=O)[C@H]([C@H](O)[C@H](O)CO)O3)[C@H]2O)[C@@H](NC(C)=O)C(O)O[C@@H]1CO. The molecule has 0 aliphatic carbocycles. The molecule has 272 valence electrons. The molecule has 3 saturated heterocycles. The number of carboxylic acids is 1. The summed E-state index contributed by atoms with van der Waals surface area (Å²) in [4.78, 5) is 36.4. The average Bonchev–Trinajstić information content (AvgIpc) is 3.01. The van der Waals surface area contributed by atoms with E-state index >= 15 is 0 Å². The molecule has 2 amide bonds. The first kappa shape index (κ1) is 39.3. The van der Waals surface area contributed by atoms with Crippen LogP contribution in [0.1, 0.15) is 20.3 Å². The second-order valence-electron chi connectivity index (χ2n) is 11.4. The normalized spacial score (nSPS) is 42.3. The fraction of sp³-hybridized carbons (Fsp3) is 0.885. The lowest BCUT2D eigenvalue weighted by Gasteiger charge is -2.51. The van der Waals surface area contributed by atoms with Crippen LogP contribution in [0.15, 0.2) is 0 Å². The molecule has 3 aliphatic rings. The van der Waals surface area contributed by atoms with Crippen LogP contribution in [0.4, 0.5) is 0 Å². The molecule has 0 aromatic rings. The van der Waals surface area contributed by atoms with Crippen molar-refractivity contribution < 1.29 is 93.9 Å². The molecule has 0 spiro atoms. The maximum Gasteiger partial charge on any atom is 0.364 e. The predicted molar refractivity (Wildman–Crippen MR) is 146 cm³/mol. The lowest BCUT2D eigenvalue weighted by Crippen LogP contribution is -2.71. The van der Waals surface area contributed by atoms with Gasteiger partial charge in [0.25, 0.3) is 5.79 Å². The van der Waals surface area contributed by atoms with Crippen molar-refractivity contribution in [3.05, 3.63) is 0 Å². The summed E-state index contributed by atoms with van der Waals surface area (Å²) in [6.07, 6.45) is -24.4. The van der Waals surface area contributed by atoms with Crippen molar-refractivity contribution in [3.63, 3.8) is 0 Å². The van der Waals surface area contributed by atoms with Gasteiger partial charge in [0.15, 0.2) is 12.6 Å². The summed E-state index contributed by atoms with van der Waals surface area (Å²) in [6.45, 7) is -0.535. The molecule has 0 radical (unpaired) electrons. The molecule has 3 aliphatic heterocycles. The van der Waals surface area contributed by atoms with E-state index in [1.807, 2.05) is 0 Å². The topological polar surface area (TPSA) is 333 Å². The second kappa shape index (κ2) is 16.5. The standard InChI is InChI=1S/C26H44N2O19/c1-8(32)27-14-10(34)4-26(25(40)41,46-20(14)16(36)11(35)5-29)47-22-17(37)12(6-30)44-24(18(22)38)45-21-15(28-9(2)33)23(39)43-13(7-31)19(21)42-3/h10-24,29-31,34-39H,4-7H2,1-3H3,(H,27,32)(H,28,33)(H,40,41)/t10-,11+,12+,13+,14+,15+,16+,17-,18+,19+,20+,21+,22-,23?,24-,26-/m0/s1. The molecule has 3 heterocycles. The molecule has 0 saturated carbocycles. The van der Waals surface area contributed by atoms with Crippen LogP contribution < -0.4 is 10.6 Å². The van der Waals surface area contributed by atoms with Gasteiger partial charge in [-0.3, -0.25) is 9.59 Å². The van der Waals surface area contributed by atoms with Crippen LogP contribution in [-0.2, 0) is 42.8 Å². The largest absolute Gasteiger partial charge is 0.477 e. The highest BCUT2D eigenvalue weighted by Gasteiger charge is 2.60. The number of carbonyl (C=O) groups excluding carboxylic acids is 2. The molecule has 12 N–H and O–H groups in total. The zero-order chi connectivity index (χ0) is 35.4. The van der Waals surface area contributed by atoms with E-state index in [1.165, 1.54) is 7.11 Å². The van der Waals surface area contributed by atoms with E-state index in [0.29, 0.717) is 0 Å². The Morgan fingerprint density at radius 3 is 1.98 bits per heavy atom. The van der Waals surface area contributed by atoms with Gasteiger partial charge >= 0.3 is 5.97 Å². The number of hydrogen-bond acceptors (Lipinski definition) is 18. The molecule has 0 aromatic carbocycles. The number of carboxylic acid groups (broad SMARTS) is 1. The summed E-state index contributed by atoms with van der Waals surface area (Å²) in [5, 5.41) is 109. The summed E-state index contributed by atoms with van der Waals surface area (Å²) in [5.41, 5.74) is 0. The Morgan fingerprint density at radius 1 is 0.872 bits per heavy atom. The van der Waals surface area contributed by atoms with Gasteiger partial charge < -0.3 is 90.1 Å². The fourth-order valence-corrected chi connectivity index (χ4v) is 5.83. The molecular formula is C26H44N2O19. The van der Waals surface area contributed by atoms with Crippen LogP contribution in [0.5, 0.6) is 0 Å². The van der Waals surface area contributed by atoms with E-state index in [9.17, 15) is 65.4 Å². The molecule has 1 unspecified atom stereocenters. The Kier molecular flexibility index (Phi) is 13.8. The van der Waals surface area contributed by atoms with Gasteiger partial charge in [-0.2, -0.15) is 0 Å². The lowest BCUT2D eigenvalue weighted by atomic mass is 9.88. The van der Waals surface area contributed by atoms with E-state index in [4.69, 9.17) is 28.4 Å². The molecular weight excluding hydrogens is 644 g/mol. The Labute approximate surface area is 267 Å². The van der Waals surface area contributed by atoms with Crippen LogP contribution in [0.3, 0.4) is 0 Å². The first-order chi connectivity index (χ1) is 22.0. The minimum Gasteiger partial charge on any atom is -0.477 e. The number of aliphatic hydroxyl groups excluding tert-OH is 9. The van der Waals surface area contributed by atoms with Gasteiger partial charge in [0, 0.05) is 27.4 Å². The summed E-state index contributed by atoms with van der Waals surface area (Å²) < 4.78 is 33.3. The van der Waals surface area contributed by atoms with E-state index in [2.05, 4.69) is 10.6 Å². The number of carbonyl (C=O) groups is 3. The molecule has 3 rings (SSSR count). The number of ether oxygens (including phenoxy) is 6. The Morgan fingerprint density at radius 2 is 1.47 bits per heavy atom. The van der Waals surface area contributed by atoms with Gasteiger partial charge in [-0.05, 0) is 0 Å². The average molecular weight is 689 g/mol. The first-order valence-electron chi connectivity index (χ1n) is 14.6. The smallest absolute Gasteiger partial charge is 0.364 e. The summed E-state index contributed by atoms with van der Waals surface area (Å²) >= 11 is 0. The highest BCUT2D eigenvalue weighted by atomic mass is 16.8. The van der Waals surface area contributed by atoms with E-state index in [1.54, 1.807) is 0 Å². The number of methoxy groups -OCH3 is 1. The number of rotatable bonds is 13. The maximum absolute atomic E-state index is 12.7. The Hall–Kier alpha value is -2.19. The molecule has 21 heteroatoms. The van der Waals surface area contributed by atoms with Gasteiger partial charge in [0.1, 0.15) is 67.1 Å². The zero-order valence-corrected chi connectivity index (χ0v) is 25.6. The number of hydrogen-bond donors (Lipinski definition) is 12. The van der Waals surface area contributed by atoms with Crippen LogP contribution in [0.2, 0.25) is 0 Å². The second-order valence-corrected chi connectivity index (χ2v) is 11.4. The Balaban J connectivity index is 2.00. The first-order valence-corrected chi connectivity index (χ1v) is 14.6. The van der Waals surface area contributed by atoms with E-state index in [0.717, 1.165) is 13.8 Å². The summed E-state index contributed by atoms with van der Waals surface area (Å²) in [7, 11) is 1.19. The molecule has 16 atom stereocenters. The quantitative estimate of drug-likeness (QED) is 0.0854. The third-order valence-corrected chi connectivity index (χ3v) is 8.11. The fourth-order valence-electron chi connectivity index (χ4n) is 5.83. The summed E-state index contributed by atoms with van der Waals surface area (Å²) in [5.74, 6) is -6.38. The molecule has 0 bridgehead atoms. The molecule has 21 nitrogen and oxygen atoms in total. The van der Waals surface area contributed by atoms with Gasteiger partial charge in [-0.15, -0.1) is 0 Å². The van der Waals surface area contributed by atoms with Gasteiger partial charge in [-0.1, -0.05) is 0 Å². The van der Waals surface area contributed by atoms with Crippen molar-refractivity contribution in [2.45, 2.75) is 118 Å².